The van der Waals surface area contributed by atoms with Crippen molar-refractivity contribution in [3.8, 4) is 68.0 Å². The first kappa shape index (κ1) is 67.8. The van der Waals surface area contributed by atoms with Gasteiger partial charge in [0, 0.05) is 321 Å². The molecule has 0 bridgehead atoms. The van der Waals surface area contributed by atoms with E-state index in [1.165, 1.54) is 81.8 Å². The lowest BCUT2D eigenvalue weighted by molar-refractivity contribution is -0.112. The van der Waals surface area contributed by atoms with Crippen molar-refractivity contribution < 1.29 is 90.2 Å². The monoisotopic (exact) mass is 2030 g/mol. The summed E-state index contributed by atoms with van der Waals surface area (Å²) in [4.78, 5) is 94.2. The van der Waals surface area contributed by atoms with E-state index in [-0.39, 0.29) is 111 Å². The number of benzene rings is 8. The molecule has 0 unspecified atom stereocenters. The van der Waals surface area contributed by atoms with Gasteiger partial charge >= 0.3 is 0 Å². The van der Waals surface area contributed by atoms with Gasteiger partial charge in [-0.05, 0) is 153 Å². The third-order valence-corrected chi connectivity index (χ3v) is 23.2. The highest BCUT2D eigenvalue weighted by Gasteiger charge is 2.26. The smallest absolute Gasteiger partial charge is 0.247 e. The minimum absolute atomic E-state index is 0.0426. The summed E-state index contributed by atoms with van der Waals surface area (Å²) in [5.74, 6) is -2.25. The van der Waals surface area contributed by atoms with E-state index in [1.807, 2.05) is 174 Å². The number of nitrogens with one attached hydrogen (secondary N) is 4. The van der Waals surface area contributed by atoms with Crippen LogP contribution in [0.1, 0.15) is 97.6 Å². The fraction of sp³-hybridized carbons (Fsp3) is 0.276. The van der Waals surface area contributed by atoms with Crippen molar-refractivity contribution in [3.63, 3.8) is 0 Å². The fourth-order valence-electron chi connectivity index (χ4n) is 16.2. The molecule has 0 spiro atoms. The molecule has 0 atom stereocenters. The van der Waals surface area contributed by atoms with E-state index >= 15 is 0 Å². The van der Waals surface area contributed by atoms with E-state index in [0.29, 0.717) is 67.6 Å². The van der Waals surface area contributed by atoms with Crippen LogP contribution < -0.4 is 59.8 Å². The van der Waals surface area contributed by atoms with Crippen LogP contribution in [-0.2, 0) is 73.1 Å². The Morgan fingerprint density at radius 1 is 0.338 bits per heavy atom. The number of aromatic nitrogens is 12. The molecule has 148 heavy (non-hydrogen) atoms. The molecule has 768 valence electrons. The molecule has 8 aromatic carbocycles. The van der Waals surface area contributed by atoms with Crippen molar-refractivity contribution in [1.82, 2.24) is 77.7 Å². The fourth-order valence-corrected chi connectivity index (χ4v) is 16.2. The Hall–Kier alpha value is -16.7. The number of ether oxygens (including phenoxy) is 4. The molecule has 0 aliphatic rings. The van der Waals surface area contributed by atoms with Gasteiger partial charge in [-0.25, -0.2) is 39.9 Å². The Balaban J connectivity index is 0.000000201. The first-order chi connectivity index (χ1) is 86.5. The SMILES string of the molecule is [2H]C([2H])=C([2H])C(=O)Nc1cc(Cc2nccc(-c3cn(C)c4ccccc34)n2)c(OC)cc1N(C([2H])([2H])[2H])C([2H])([2H])CN(C([2H])([2H])[2H])C([2H])([2H])[2H].[2H]C([2H])=C([2H])C(=O)Nc1cc(Cc2nccc(-c3cn(C)c4ccccc34)n2)c(OC)cc1N(C([2H])([2H])[2H])C([2H])([2H])CN(C)C.[2H]C([2H])=C([2H])C(=O)Nc1cc(Cc2nccc(-c3cn(C)c4ccccc34)n2)c(OC)cc1N(C)C([2H])([2H])CN(C([2H])([2H])[2H])C([2H])([2H])[2H].[2H]C([2H])=C([2H])C(=O)Nc1cc(Cc2nccc(-c3cn(C)c4ccccc34)n2)c(OC)cc1N(C)C([2H])([2H])CN(C)C. The maximum Gasteiger partial charge on any atom is 0.247 e. The van der Waals surface area contributed by atoms with Crippen LogP contribution in [0, 0.1) is 0 Å². The number of para-hydroxylation sites is 4. The number of methoxy groups -OCH3 is 4. The summed E-state index contributed by atoms with van der Waals surface area (Å²) in [7, 11) is 22.7. The van der Waals surface area contributed by atoms with Gasteiger partial charge in [0.05, 0.1) is 124 Å². The minimum atomic E-state index is -3.43. The standard InChI is InChI=1S/4C29H34N6O2/c4*1-7-29(36)32-24-16-20(27(37-6)18-26(24)34(4)15-14-33(2)3)17-28-30-13-12-23(31-28)22-19-35(5)25-11-9-8-10-21(22)25/h4*7-13,16,18-19H,1,14-15,17H2,2-6H3,(H,32,36)/i1D2,2D3,3D3,4D3,7D,15D2;1D2,2D3,3D3,7D,15D2;1D2,4D3,7D,15D2;1D2,7D,15D2. The molecule has 8 aromatic heterocycles. The van der Waals surface area contributed by atoms with Gasteiger partial charge in [-0.15, -0.1) is 0 Å². The van der Waals surface area contributed by atoms with Gasteiger partial charge in [-0.1, -0.05) is 98.9 Å². The summed E-state index contributed by atoms with van der Waals surface area (Å²) in [5.41, 5.74) is 10.9. The first-order valence-electron chi connectivity index (χ1n) is 64.6. The second-order valence-electron chi connectivity index (χ2n) is 33.9. The molecule has 0 radical (unpaired) electrons. The zero-order chi connectivity index (χ0) is 138. The molecule has 0 aliphatic carbocycles. The van der Waals surface area contributed by atoms with E-state index in [9.17, 15) is 19.2 Å². The molecule has 4 N–H and O–H groups in total. The summed E-state index contributed by atoms with van der Waals surface area (Å²) < 4.78 is 332. The number of likely N-dealkylation sites (N-methyl/N-ethyl adjacent to an activating group) is 8. The number of amides is 4. The number of aryl methyl sites for hydroxylation is 4. The van der Waals surface area contributed by atoms with Crippen molar-refractivity contribution in [2.24, 2.45) is 28.2 Å². The predicted octanol–water partition coefficient (Wildman–Crippen LogP) is 17.4. The molecular formula is C116H136N24O8. The summed E-state index contributed by atoms with van der Waals surface area (Å²) in [6, 6.07) is 45.8. The second kappa shape index (κ2) is 50.7. The lowest BCUT2D eigenvalue weighted by Crippen LogP contribution is -2.29. The number of rotatable bonds is 40. The van der Waals surface area contributed by atoms with Crippen LogP contribution >= 0.6 is 0 Å². The molecule has 16 aromatic rings. The molecule has 0 aliphatic heterocycles. The van der Waals surface area contributed by atoms with E-state index in [1.54, 1.807) is 89.1 Å². The molecule has 32 nitrogen and oxygen atoms in total. The number of nitrogens with zero attached hydrogens (tertiary/aromatic N) is 20. The Morgan fingerprint density at radius 2 is 0.568 bits per heavy atom. The van der Waals surface area contributed by atoms with Crippen molar-refractivity contribution in [1.29, 1.82) is 0 Å². The highest BCUT2D eigenvalue weighted by molar-refractivity contribution is 6.05. The maximum absolute atomic E-state index is 12.9. The van der Waals surface area contributed by atoms with Gasteiger partial charge in [0.2, 0.25) is 23.6 Å². The number of anilines is 8. The quantitative estimate of drug-likeness (QED) is 0.0259. The third-order valence-electron chi connectivity index (χ3n) is 23.2. The predicted molar refractivity (Wildman–Crippen MR) is 602 cm³/mol. The van der Waals surface area contributed by atoms with Crippen LogP contribution in [0.5, 0.6) is 23.0 Å². The Bertz CT molecular complexity index is 9260. The summed E-state index contributed by atoms with van der Waals surface area (Å²) in [5, 5.41) is 13.7. The van der Waals surface area contributed by atoms with Gasteiger partial charge in [0.1, 0.15) is 46.3 Å². The number of carbonyl (C=O) groups excluding carboxylic acids is 4. The largest absolute Gasteiger partial charge is 0.496 e. The van der Waals surface area contributed by atoms with E-state index < -0.39 is 166 Å². The second-order valence-corrected chi connectivity index (χ2v) is 33.9. The highest BCUT2D eigenvalue weighted by atomic mass is 16.5. The lowest BCUT2D eigenvalue weighted by atomic mass is 10.1. The van der Waals surface area contributed by atoms with Gasteiger partial charge in [0.15, 0.2) is 0 Å². The van der Waals surface area contributed by atoms with E-state index in [4.69, 9.17) is 91.0 Å². The zero-order valence-electron chi connectivity index (χ0n) is 122. The first-order valence-corrected chi connectivity index (χ1v) is 45.6. The van der Waals surface area contributed by atoms with Crippen LogP contribution in [0.4, 0.5) is 45.5 Å². The molecule has 0 saturated heterocycles. The summed E-state index contributed by atoms with van der Waals surface area (Å²) >= 11 is 0. The number of fused-ring (bicyclic) bond motifs is 4. The molecular weight excluding hydrogens is 1860 g/mol. The lowest BCUT2D eigenvalue weighted by Gasteiger charge is -2.25. The molecule has 0 saturated carbocycles. The van der Waals surface area contributed by atoms with Crippen LogP contribution in [0.3, 0.4) is 0 Å². The molecule has 4 amide bonds. The van der Waals surface area contributed by atoms with Crippen LogP contribution in [-0.4, -0.2) is 266 Å². The Labute approximate surface area is 920 Å². The van der Waals surface area contributed by atoms with Crippen LogP contribution in [0.15, 0.2) is 270 Å². The van der Waals surface area contributed by atoms with Crippen molar-refractivity contribution in [2.75, 3.05) is 206 Å². The molecule has 32 heteroatoms. The normalized spacial score (nSPS) is 15.6. The van der Waals surface area contributed by atoms with Gasteiger partial charge in [-0.2, -0.15) is 0 Å². The van der Waals surface area contributed by atoms with Gasteiger partial charge in [-0.3, -0.25) is 19.2 Å². The Morgan fingerprint density at radius 3 is 0.791 bits per heavy atom. The molecule has 0 fully saturated rings. The average molecular weight is 2030 g/mol. The number of hydrogen-bond acceptors (Lipinski definition) is 24. The Kier molecular flexibility index (Phi) is 23.2. The van der Waals surface area contributed by atoms with Crippen molar-refractivity contribution in [2.45, 2.75) is 25.7 Å². The van der Waals surface area contributed by atoms with Crippen molar-refractivity contribution in [3.05, 3.63) is 315 Å². The summed E-state index contributed by atoms with van der Waals surface area (Å²) in [6.07, 6.45) is 14.6. The average Bonchev–Trinajstić information content (AvgIpc) is 1.65. The topological polar surface area (TPSA) is 302 Å². The number of carbonyl (C=O) groups is 4. The maximum atomic E-state index is 12.9. The summed E-state index contributed by atoms with van der Waals surface area (Å²) in [6.45, 7) is -36.8. The molecule has 8 heterocycles. The van der Waals surface area contributed by atoms with Crippen LogP contribution in [0.2, 0.25) is 0 Å². The van der Waals surface area contributed by atoms with Gasteiger partial charge in [0.25, 0.3) is 0 Å². The number of hydrogen-bond donors (Lipinski definition) is 4. The highest BCUT2D eigenvalue weighted by Crippen LogP contribution is 2.42. The van der Waals surface area contributed by atoms with Crippen LogP contribution in [0.25, 0.3) is 88.6 Å². The van der Waals surface area contributed by atoms with Gasteiger partial charge < -0.3 is 97.7 Å². The zero-order valence-corrected chi connectivity index (χ0v) is 83.7. The van der Waals surface area contributed by atoms with Crippen molar-refractivity contribution >= 4 is 113 Å². The molecule has 16 rings (SSSR count). The third kappa shape index (κ3) is 27.3. The van der Waals surface area contributed by atoms with E-state index in [2.05, 4.69) is 41.2 Å². The minimum Gasteiger partial charge on any atom is -0.496 e. The van der Waals surface area contributed by atoms with E-state index in [0.717, 1.165) is 82.5 Å².